The zero-order valence-corrected chi connectivity index (χ0v) is 15.0. The van der Waals surface area contributed by atoms with Crippen LogP contribution in [0.4, 0.5) is 0 Å². The molecule has 2 amide bonds. The van der Waals surface area contributed by atoms with Crippen LogP contribution >= 0.6 is 27.3 Å². The molecule has 2 rings (SSSR count). The number of hydrogen-bond acceptors (Lipinski definition) is 5. The molecule has 8 heteroatoms. The van der Waals surface area contributed by atoms with E-state index in [0.29, 0.717) is 12.1 Å². The van der Waals surface area contributed by atoms with Crippen molar-refractivity contribution >= 4 is 45.1 Å². The molecule has 6 nitrogen and oxygen atoms in total. The van der Waals surface area contributed by atoms with Crippen molar-refractivity contribution in [3.63, 3.8) is 0 Å². The fourth-order valence-corrected chi connectivity index (χ4v) is 2.77. The van der Waals surface area contributed by atoms with E-state index in [2.05, 4.69) is 26.6 Å². The molecule has 0 atom stereocenters. The van der Waals surface area contributed by atoms with Crippen LogP contribution in [0.1, 0.15) is 15.2 Å². The van der Waals surface area contributed by atoms with Crippen molar-refractivity contribution in [3.8, 4) is 0 Å². The van der Waals surface area contributed by atoms with Crippen molar-refractivity contribution in [1.82, 2.24) is 10.6 Å². The quantitative estimate of drug-likeness (QED) is 0.684. The molecule has 0 aliphatic rings. The van der Waals surface area contributed by atoms with Gasteiger partial charge in [0, 0.05) is 14.9 Å². The van der Waals surface area contributed by atoms with Gasteiger partial charge in [-0.25, -0.2) is 0 Å². The zero-order valence-electron chi connectivity index (χ0n) is 12.6. The first-order valence-electron chi connectivity index (χ1n) is 7.03. The Kier molecular flexibility index (Phi) is 6.95. The lowest BCUT2D eigenvalue weighted by Gasteiger charge is -2.07. The van der Waals surface area contributed by atoms with E-state index in [-0.39, 0.29) is 13.2 Å². The molecule has 0 spiro atoms. The van der Waals surface area contributed by atoms with Gasteiger partial charge in [-0.15, -0.1) is 11.3 Å². The van der Waals surface area contributed by atoms with Gasteiger partial charge in [0.2, 0.25) is 0 Å². The molecular weight excluding hydrogens is 396 g/mol. The maximum Gasteiger partial charge on any atom is 0.325 e. The maximum absolute atomic E-state index is 11.9. The Hall–Kier alpha value is -2.19. The second-order valence-corrected chi connectivity index (χ2v) is 6.66. The van der Waals surface area contributed by atoms with E-state index in [9.17, 15) is 14.4 Å². The van der Waals surface area contributed by atoms with Crippen LogP contribution in [0.15, 0.2) is 46.3 Å². The molecule has 0 fully saturated rings. The molecule has 0 unspecified atom stereocenters. The minimum absolute atomic E-state index is 0.302. The van der Waals surface area contributed by atoms with E-state index in [0.717, 1.165) is 9.35 Å². The van der Waals surface area contributed by atoms with Crippen molar-refractivity contribution < 1.29 is 19.1 Å². The summed E-state index contributed by atoms with van der Waals surface area (Å²) >= 11 is 4.79. The average Bonchev–Trinajstić information content (AvgIpc) is 3.09. The molecule has 2 N–H and O–H groups in total. The fourth-order valence-electron chi connectivity index (χ4n) is 1.73. The number of thiophene rings is 1. The molecular formula is C16H15BrN2O4S. The summed E-state index contributed by atoms with van der Waals surface area (Å²) in [5.74, 6) is -1.46. The summed E-state index contributed by atoms with van der Waals surface area (Å²) in [5.41, 5.74) is 0.422. The van der Waals surface area contributed by atoms with Crippen LogP contribution < -0.4 is 10.6 Å². The first-order chi connectivity index (χ1) is 11.5. The molecule has 0 aliphatic carbocycles. The van der Waals surface area contributed by atoms with E-state index < -0.39 is 17.8 Å². The smallest absolute Gasteiger partial charge is 0.325 e. The van der Waals surface area contributed by atoms with Crippen LogP contribution in [0.2, 0.25) is 0 Å². The first-order valence-corrected chi connectivity index (χ1v) is 8.70. The Morgan fingerprint density at radius 2 is 1.96 bits per heavy atom. The number of esters is 1. The normalized spacial score (nSPS) is 10.0. The Balaban J connectivity index is 1.65. The highest BCUT2D eigenvalue weighted by Crippen LogP contribution is 2.11. The molecule has 1 heterocycles. The highest BCUT2D eigenvalue weighted by atomic mass is 79.9. The molecule has 1 aromatic heterocycles. The van der Waals surface area contributed by atoms with Gasteiger partial charge in [-0.05, 0) is 29.6 Å². The molecule has 0 saturated heterocycles. The summed E-state index contributed by atoms with van der Waals surface area (Å²) in [4.78, 5) is 36.0. The van der Waals surface area contributed by atoms with Gasteiger partial charge in [0.1, 0.15) is 6.54 Å². The highest BCUT2D eigenvalue weighted by molar-refractivity contribution is 9.10. The third kappa shape index (κ3) is 6.13. The summed E-state index contributed by atoms with van der Waals surface area (Å²) in [6, 6.07) is 10.6. The van der Waals surface area contributed by atoms with Crippen molar-refractivity contribution in [2.75, 3.05) is 13.2 Å². The Labute approximate surface area is 151 Å². The number of carbonyl (C=O) groups is 3. The summed E-state index contributed by atoms with van der Waals surface area (Å²) in [5, 5.41) is 6.99. The number of nitrogens with one attached hydrogen (secondary N) is 2. The van der Waals surface area contributed by atoms with Crippen LogP contribution in [0, 0.1) is 0 Å². The fraction of sp³-hybridized carbons (Fsp3) is 0.188. The summed E-state index contributed by atoms with van der Waals surface area (Å²) in [7, 11) is 0. The third-order valence-corrected chi connectivity index (χ3v) is 4.25. The number of amides is 2. The maximum atomic E-state index is 11.9. The van der Waals surface area contributed by atoms with Gasteiger partial charge in [0.05, 0.1) is 6.54 Å². The molecule has 2 aromatic rings. The van der Waals surface area contributed by atoms with Crippen LogP contribution in [0.5, 0.6) is 0 Å². The predicted octanol–water partition coefficient (Wildman–Crippen LogP) is 2.10. The van der Waals surface area contributed by atoms with E-state index in [4.69, 9.17) is 4.74 Å². The first kappa shape index (κ1) is 18.2. The second kappa shape index (κ2) is 9.19. The third-order valence-electron chi connectivity index (χ3n) is 2.88. The number of ether oxygens (including phenoxy) is 1. The number of rotatable bonds is 7. The van der Waals surface area contributed by atoms with E-state index in [1.807, 2.05) is 17.5 Å². The molecule has 126 valence electrons. The van der Waals surface area contributed by atoms with Crippen molar-refractivity contribution in [1.29, 1.82) is 0 Å². The van der Waals surface area contributed by atoms with E-state index >= 15 is 0 Å². The second-order valence-electron chi connectivity index (χ2n) is 4.71. The van der Waals surface area contributed by atoms with E-state index in [1.165, 1.54) is 11.3 Å². The van der Waals surface area contributed by atoms with Crippen LogP contribution in [0.3, 0.4) is 0 Å². The largest absolute Gasteiger partial charge is 0.454 e. The van der Waals surface area contributed by atoms with Crippen molar-refractivity contribution in [2.24, 2.45) is 0 Å². The molecule has 0 saturated carbocycles. The van der Waals surface area contributed by atoms with Crippen molar-refractivity contribution in [2.45, 2.75) is 6.54 Å². The van der Waals surface area contributed by atoms with Gasteiger partial charge in [0.15, 0.2) is 6.61 Å². The van der Waals surface area contributed by atoms with Gasteiger partial charge >= 0.3 is 5.97 Å². The molecule has 1 aromatic carbocycles. The van der Waals surface area contributed by atoms with Crippen molar-refractivity contribution in [3.05, 3.63) is 56.7 Å². The standard InChI is InChI=1S/C16H15BrN2O4S/c17-12-4-1-3-11(7-12)16(22)19-9-15(21)23-10-14(20)18-8-13-5-2-6-24-13/h1-7H,8-10H2,(H,18,20)(H,19,22). The lowest BCUT2D eigenvalue weighted by atomic mass is 10.2. The van der Waals surface area contributed by atoms with Crippen LogP contribution in [0.25, 0.3) is 0 Å². The lowest BCUT2D eigenvalue weighted by Crippen LogP contribution is -2.33. The molecule has 0 radical (unpaired) electrons. The van der Waals surface area contributed by atoms with Gasteiger partial charge in [0.25, 0.3) is 11.8 Å². The van der Waals surface area contributed by atoms with E-state index in [1.54, 1.807) is 24.3 Å². The van der Waals surface area contributed by atoms with Crippen LogP contribution in [-0.4, -0.2) is 30.9 Å². The number of hydrogen-bond donors (Lipinski definition) is 2. The lowest BCUT2D eigenvalue weighted by molar-refractivity contribution is -0.147. The number of carbonyl (C=O) groups excluding carboxylic acids is 3. The van der Waals surface area contributed by atoms with Gasteiger partial charge in [-0.2, -0.15) is 0 Å². The minimum atomic E-state index is -0.676. The summed E-state index contributed by atoms with van der Waals surface area (Å²) in [6.45, 7) is -0.284. The molecule has 0 aliphatic heterocycles. The Morgan fingerprint density at radius 1 is 1.12 bits per heavy atom. The van der Waals surface area contributed by atoms with Gasteiger partial charge < -0.3 is 15.4 Å². The highest BCUT2D eigenvalue weighted by Gasteiger charge is 2.11. The monoisotopic (exact) mass is 410 g/mol. The number of halogens is 1. The Morgan fingerprint density at radius 3 is 2.67 bits per heavy atom. The van der Waals surface area contributed by atoms with Crippen LogP contribution in [-0.2, 0) is 20.9 Å². The summed E-state index contributed by atoms with van der Waals surface area (Å²) < 4.78 is 5.58. The minimum Gasteiger partial charge on any atom is -0.454 e. The Bertz CT molecular complexity index is 719. The summed E-state index contributed by atoms with van der Waals surface area (Å²) in [6.07, 6.45) is 0. The van der Waals surface area contributed by atoms with Gasteiger partial charge in [-0.3, -0.25) is 14.4 Å². The topological polar surface area (TPSA) is 84.5 Å². The molecule has 0 bridgehead atoms. The molecule has 24 heavy (non-hydrogen) atoms. The average molecular weight is 411 g/mol. The van der Waals surface area contributed by atoms with Gasteiger partial charge in [-0.1, -0.05) is 28.1 Å². The predicted molar refractivity (Wildman–Crippen MR) is 93.6 cm³/mol. The SMILES string of the molecule is O=C(COC(=O)CNC(=O)c1cccc(Br)c1)NCc1cccs1. The zero-order chi connectivity index (χ0) is 17.4. The number of benzene rings is 1.